The van der Waals surface area contributed by atoms with Gasteiger partial charge in [0.15, 0.2) is 0 Å². The lowest BCUT2D eigenvalue weighted by Gasteiger charge is -2.12. The second kappa shape index (κ2) is 5.04. The number of Topliss-reactive ketones (excluding diaryl/α,β-unsaturated/α-hetero) is 1. The van der Waals surface area contributed by atoms with Crippen molar-refractivity contribution in [3.05, 3.63) is 29.3 Å². The van der Waals surface area contributed by atoms with Gasteiger partial charge in [0.2, 0.25) is 0 Å². The number of anilines is 1. The fraction of sp³-hybridized carbons (Fsp3) is 0.300. The fourth-order valence-corrected chi connectivity index (χ4v) is 1.67. The van der Waals surface area contributed by atoms with Gasteiger partial charge in [-0.15, -0.1) is 0 Å². The Morgan fingerprint density at radius 1 is 1.53 bits per heavy atom. The van der Waals surface area contributed by atoms with Gasteiger partial charge in [-0.3, -0.25) is 9.00 Å². The third-order valence-corrected chi connectivity index (χ3v) is 2.33. The first kappa shape index (κ1) is 11.9. The largest absolute Gasteiger partial charge is 0.755 e. The summed E-state index contributed by atoms with van der Waals surface area (Å²) in [6.07, 6.45) is 0.320. The molecule has 0 saturated carbocycles. The molecule has 0 aliphatic carbocycles. The van der Waals surface area contributed by atoms with Crippen molar-refractivity contribution >= 4 is 22.7 Å². The van der Waals surface area contributed by atoms with Gasteiger partial charge in [-0.25, -0.2) is 0 Å². The molecule has 0 aromatic heterocycles. The summed E-state index contributed by atoms with van der Waals surface area (Å²) in [6.45, 7) is 3.30. The zero-order chi connectivity index (χ0) is 11.4. The Balaban J connectivity index is 2.94. The van der Waals surface area contributed by atoms with E-state index >= 15 is 0 Å². The van der Waals surface area contributed by atoms with Crippen molar-refractivity contribution < 1.29 is 13.6 Å². The molecule has 0 heterocycles. The summed E-state index contributed by atoms with van der Waals surface area (Å²) < 4.78 is 23.2. The zero-order valence-electron chi connectivity index (χ0n) is 8.57. The van der Waals surface area contributed by atoms with Crippen molar-refractivity contribution in [3.8, 4) is 0 Å². The zero-order valence-corrected chi connectivity index (χ0v) is 9.39. The number of benzene rings is 1. The second-order valence-electron chi connectivity index (χ2n) is 3.36. The summed E-state index contributed by atoms with van der Waals surface area (Å²) in [7, 11) is 0. The number of aryl methyl sites for hydroxylation is 1. The highest BCUT2D eigenvalue weighted by atomic mass is 32.2. The average Bonchev–Trinajstić information content (AvgIpc) is 2.09. The lowest BCUT2D eigenvalue weighted by molar-refractivity contribution is -0.116. The van der Waals surface area contributed by atoms with Crippen LogP contribution in [0.3, 0.4) is 0 Å². The predicted octanol–water partition coefficient (Wildman–Crippen LogP) is 1.33. The third kappa shape index (κ3) is 3.81. The maximum atomic E-state index is 10.9. The van der Waals surface area contributed by atoms with Gasteiger partial charge in [0.05, 0.1) is 0 Å². The maximum Gasteiger partial charge on any atom is 0.134 e. The fourth-order valence-electron chi connectivity index (χ4n) is 1.27. The highest BCUT2D eigenvalue weighted by Crippen LogP contribution is 2.17. The van der Waals surface area contributed by atoms with Gasteiger partial charge in [-0.1, -0.05) is 12.1 Å². The molecule has 4 nitrogen and oxygen atoms in total. The third-order valence-electron chi connectivity index (χ3n) is 1.95. The van der Waals surface area contributed by atoms with Crippen LogP contribution in [-0.4, -0.2) is 14.5 Å². The molecule has 1 atom stereocenters. The van der Waals surface area contributed by atoms with E-state index in [9.17, 15) is 13.6 Å². The highest BCUT2D eigenvalue weighted by molar-refractivity contribution is 7.80. The molecule has 0 bridgehead atoms. The Kier molecular flexibility index (Phi) is 3.99. The summed E-state index contributed by atoms with van der Waals surface area (Å²) in [5.74, 6) is 0.0491. The molecule has 0 saturated heterocycles. The summed E-state index contributed by atoms with van der Waals surface area (Å²) in [5.41, 5.74) is 2.15. The predicted molar refractivity (Wildman–Crippen MR) is 58.1 cm³/mol. The van der Waals surface area contributed by atoms with Gasteiger partial charge in [0, 0.05) is 23.4 Å². The van der Waals surface area contributed by atoms with Crippen LogP contribution in [0.1, 0.15) is 18.1 Å². The van der Waals surface area contributed by atoms with Crippen LogP contribution in [0.15, 0.2) is 18.2 Å². The molecule has 1 N–H and O–H groups in total. The molecule has 0 aliphatic heterocycles. The second-order valence-corrected chi connectivity index (χ2v) is 4.04. The van der Waals surface area contributed by atoms with Crippen LogP contribution in [0.25, 0.3) is 0 Å². The summed E-state index contributed by atoms with van der Waals surface area (Å²) in [6, 6.07) is 5.27. The van der Waals surface area contributed by atoms with Crippen molar-refractivity contribution in [1.29, 1.82) is 0 Å². The maximum absolute atomic E-state index is 10.9. The van der Waals surface area contributed by atoms with E-state index in [1.54, 1.807) is 19.1 Å². The van der Waals surface area contributed by atoms with E-state index < -0.39 is 11.3 Å². The van der Waals surface area contributed by atoms with E-state index in [0.717, 1.165) is 11.1 Å². The van der Waals surface area contributed by atoms with Crippen molar-refractivity contribution in [3.63, 3.8) is 0 Å². The van der Waals surface area contributed by atoms with Crippen LogP contribution in [0.4, 0.5) is 5.69 Å². The summed E-state index contributed by atoms with van der Waals surface area (Å²) in [4.78, 5) is 10.9. The van der Waals surface area contributed by atoms with Crippen LogP contribution >= 0.6 is 0 Å². The Bertz CT molecular complexity index is 404. The Morgan fingerprint density at radius 2 is 2.20 bits per heavy atom. The van der Waals surface area contributed by atoms with E-state index in [-0.39, 0.29) is 5.78 Å². The number of carbonyl (C=O) groups excluding carboxylic acids is 1. The lowest BCUT2D eigenvalue weighted by atomic mass is 10.1. The lowest BCUT2D eigenvalue weighted by Crippen LogP contribution is -2.05. The molecular formula is C10H12NO3S-. The van der Waals surface area contributed by atoms with Crippen molar-refractivity contribution in [2.45, 2.75) is 20.3 Å². The molecule has 0 amide bonds. The molecule has 1 aromatic rings. The number of hydrogen-bond acceptors (Lipinski definition) is 3. The summed E-state index contributed by atoms with van der Waals surface area (Å²) >= 11 is -2.33. The molecule has 0 aliphatic rings. The van der Waals surface area contributed by atoms with Gasteiger partial charge in [-0.05, 0) is 31.0 Å². The van der Waals surface area contributed by atoms with Gasteiger partial charge in [0.1, 0.15) is 5.78 Å². The first-order valence-electron chi connectivity index (χ1n) is 4.44. The van der Waals surface area contributed by atoms with Gasteiger partial charge >= 0.3 is 0 Å². The van der Waals surface area contributed by atoms with Gasteiger partial charge in [0.25, 0.3) is 0 Å². The van der Waals surface area contributed by atoms with E-state index in [4.69, 9.17) is 0 Å². The molecule has 0 spiro atoms. The minimum Gasteiger partial charge on any atom is -0.755 e. The van der Waals surface area contributed by atoms with Crippen LogP contribution in [0, 0.1) is 6.92 Å². The molecule has 0 fully saturated rings. The average molecular weight is 226 g/mol. The molecule has 1 unspecified atom stereocenters. The number of ketones is 1. The molecule has 1 aromatic carbocycles. The first-order chi connectivity index (χ1) is 6.99. The smallest absolute Gasteiger partial charge is 0.134 e. The Morgan fingerprint density at radius 3 is 2.73 bits per heavy atom. The molecule has 1 rings (SSSR count). The molecular weight excluding hydrogens is 214 g/mol. The summed E-state index contributed by atoms with van der Waals surface area (Å²) in [5, 5.41) is 0. The van der Waals surface area contributed by atoms with Gasteiger partial charge in [-0.2, -0.15) is 0 Å². The highest BCUT2D eigenvalue weighted by Gasteiger charge is 2.02. The molecule has 15 heavy (non-hydrogen) atoms. The number of nitrogens with one attached hydrogen (secondary N) is 1. The van der Waals surface area contributed by atoms with E-state index in [1.165, 1.54) is 6.92 Å². The van der Waals surface area contributed by atoms with E-state index in [1.807, 2.05) is 6.07 Å². The van der Waals surface area contributed by atoms with Crippen molar-refractivity contribution in [2.75, 3.05) is 4.72 Å². The Labute approximate surface area is 91.1 Å². The normalized spacial score (nSPS) is 12.2. The number of rotatable bonds is 4. The van der Waals surface area contributed by atoms with Gasteiger partial charge < -0.3 is 9.27 Å². The van der Waals surface area contributed by atoms with E-state index in [2.05, 4.69) is 4.72 Å². The SMILES string of the molecule is CC(=O)Cc1ccc(C)c(NS(=O)[O-])c1. The molecule has 82 valence electrons. The van der Waals surface area contributed by atoms with E-state index in [0.29, 0.717) is 12.1 Å². The number of carbonyl (C=O) groups is 1. The van der Waals surface area contributed by atoms with Crippen LogP contribution in [0.2, 0.25) is 0 Å². The minimum atomic E-state index is -2.33. The van der Waals surface area contributed by atoms with Crippen molar-refractivity contribution in [2.24, 2.45) is 0 Å². The molecule has 5 heteroatoms. The Hall–Kier alpha value is -1.20. The van der Waals surface area contributed by atoms with Crippen LogP contribution < -0.4 is 4.72 Å². The van der Waals surface area contributed by atoms with Crippen LogP contribution in [0.5, 0.6) is 0 Å². The van der Waals surface area contributed by atoms with Crippen LogP contribution in [-0.2, 0) is 22.5 Å². The topological polar surface area (TPSA) is 69.2 Å². The van der Waals surface area contributed by atoms with Crippen molar-refractivity contribution in [1.82, 2.24) is 0 Å². The monoisotopic (exact) mass is 226 g/mol. The first-order valence-corrected chi connectivity index (χ1v) is 5.51. The quantitative estimate of drug-likeness (QED) is 0.787. The standard InChI is InChI=1S/C10H13NO3S/c1-7-3-4-9(5-8(2)12)6-10(7)11-15(13)14/h3-4,6,11H,5H2,1-2H3,(H,13,14)/p-1. The molecule has 0 radical (unpaired) electrons. The minimum absolute atomic E-state index is 0.0491. The number of hydrogen-bond donors (Lipinski definition) is 1.